The van der Waals surface area contributed by atoms with Gasteiger partial charge in [0.1, 0.15) is 11.9 Å². The van der Waals surface area contributed by atoms with E-state index in [1.54, 1.807) is 4.90 Å². The van der Waals surface area contributed by atoms with Crippen molar-refractivity contribution in [1.29, 1.82) is 0 Å². The number of amides is 1. The zero-order valence-electron chi connectivity index (χ0n) is 18.7. The van der Waals surface area contributed by atoms with Gasteiger partial charge in [0.15, 0.2) is 0 Å². The van der Waals surface area contributed by atoms with Gasteiger partial charge in [-0.3, -0.25) is 9.69 Å². The summed E-state index contributed by atoms with van der Waals surface area (Å²) in [6.07, 6.45) is 5.22. The summed E-state index contributed by atoms with van der Waals surface area (Å²) in [6.45, 7) is 6.87. The Morgan fingerprint density at radius 1 is 1.09 bits per heavy atom. The Morgan fingerprint density at radius 2 is 1.81 bits per heavy atom. The molecule has 1 fully saturated rings. The fourth-order valence-electron chi connectivity index (χ4n) is 5.50. The zero-order valence-corrected chi connectivity index (χ0v) is 18.7. The highest BCUT2D eigenvalue weighted by Crippen LogP contribution is 2.58. The van der Waals surface area contributed by atoms with Crippen LogP contribution in [0.4, 0.5) is 10.5 Å². The van der Waals surface area contributed by atoms with Crippen LogP contribution in [0.15, 0.2) is 78.0 Å². The van der Waals surface area contributed by atoms with Crippen molar-refractivity contribution in [2.24, 2.45) is 0 Å². The number of anilines is 1. The highest BCUT2D eigenvalue weighted by atomic mass is 16.6. The first-order valence-corrected chi connectivity index (χ1v) is 11.1. The van der Waals surface area contributed by atoms with Gasteiger partial charge in [0.05, 0.1) is 11.5 Å². The van der Waals surface area contributed by atoms with E-state index in [1.807, 2.05) is 39.0 Å². The van der Waals surface area contributed by atoms with Crippen LogP contribution in [0.25, 0.3) is 0 Å². The predicted octanol–water partition coefficient (Wildman–Crippen LogP) is 4.98. The van der Waals surface area contributed by atoms with Crippen LogP contribution in [0, 0.1) is 0 Å². The molecule has 5 nitrogen and oxygen atoms in total. The fraction of sp³-hybridized carbons (Fsp3) is 0.333. The van der Waals surface area contributed by atoms with Crippen molar-refractivity contribution in [3.8, 4) is 0 Å². The summed E-state index contributed by atoms with van der Waals surface area (Å²) in [6, 6.07) is 18.4. The average Bonchev–Trinajstić information content (AvgIpc) is 3.30. The number of allylic oxidation sites excluding steroid dienone is 2. The molecule has 0 unspecified atom stereocenters. The van der Waals surface area contributed by atoms with Crippen molar-refractivity contribution < 1.29 is 14.3 Å². The minimum Gasteiger partial charge on any atom is -0.444 e. The SMILES string of the molecule is CC(C)(C)OC(=O)N1CC[C@]23C(=CC=C(C=O)[C@H]12)N(Cc1ccccc1)c1ccccc13. The smallest absolute Gasteiger partial charge is 0.410 e. The molecule has 1 amide bonds. The van der Waals surface area contributed by atoms with Gasteiger partial charge in [-0.2, -0.15) is 0 Å². The molecular formula is C27H28N2O3. The normalized spacial score (nSPS) is 23.7. The molecular weight excluding hydrogens is 400 g/mol. The van der Waals surface area contributed by atoms with E-state index in [0.29, 0.717) is 12.1 Å². The molecule has 5 rings (SSSR count). The van der Waals surface area contributed by atoms with Crippen molar-refractivity contribution in [1.82, 2.24) is 4.90 Å². The maximum atomic E-state index is 13.2. The lowest BCUT2D eigenvalue weighted by Gasteiger charge is -2.40. The van der Waals surface area contributed by atoms with E-state index in [9.17, 15) is 9.59 Å². The first-order valence-electron chi connectivity index (χ1n) is 11.1. The molecule has 2 aromatic carbocycles. The molecule has 2 aliphatic heterocycles. The number of rotatable bonds is 3. The lowest BCUT2D eigenvalue weighted by atomic mass is 9.69. The number of ether oxygens (including phenoxy) is 1. The van der Waals surface area contributed by atoms with E-state index in [-0.39, 0.29) is 12.1 Å². The lowest BCUT2D eigenvalue weighted by Crippen LogP contribution is -2.50. The molecule has 32 heavy (non-hydrogen) atoms. The Hall–Kier alpha value is -3.34. The van der Waals surface area contributed by atoms with Crippen LogP contribution >= 0.6 is 0 Å². The minimum absolute atomic E-state index is 0.368. The van der Waals surface area contributed by atoms with Crippen LogP contribution in [-0.2, 0) is 21.5 Å². The number of hydrogen-bond acceptors (Lipinski definition) is 4. The number of likely N-dealkylation sites (tertiary alicyclic amines) is 1. The number of hydrogen-bond donors (Lipinski definition) is 0. The van der Waals surface area contributed by atoms with Crippen LogP contribution in [-0.4, -0.2) is 35.5 Å². The third-order valence-electron chi connectivity index (χ3n) is 6.65. The Kier molecular flexibility index (Phi) is 4.73. The second kappa shape index (κ2) is 7.37. The topological polar surface area (TPSA) is 49.9 Å². The summed E-state index contributed by atoms with van der Waals surface area (Å²) in [5, 5.41) is 0. The quantitative estimate of drug-likeness (QED) is 0.647. The van der Waals surface area contributed by atoms with Crippen LogP contribution in [0.1, 0.15) is 38.3 Å². The summed E-state index contributed by atoms with van der Waals surface area (Å²) < 4.78 is 5.73. The Morgan fingerprint density at radius 3 is 2.53 bits per heavy atom. The van der Waals surface area contributed by atoms with Gasteiger partial charge in [-0.15, -0.1) is 0 Å². The van der Waals surface area contributed by atoms with Gasteiger partial charge in [0.25, 0.3) is 0 Å². The van der Waals surface area contributed by atoms with Crippen LogP contribution in [0.2, 0.25) is 0 Å². The molecule has 0 aromatic heterocycles. The number of nitrogens with zero attached hydrogens (tertiary/aromatic N) is 2. The molecule has 2 atom stereocenters. The van der Waals surface area contributed by atoms with Gasteiger partial charge in [0.2, 0.25) is 0 Å². The number of fused-ring (bicyclic) bond motifs is 1. The first-order chi connectivity index (χ1) is 15.3. The van der Waals surface area contributed by atoms with E-state index in [2.05, 4.69) is 53.4 Å². The van der Waals surface area contributed by atoms with Crippen molar-refractivity contribution >= 4 is 18.1 Å². The fourth-order valence-corrected chi connectivity index (χ4v) is 5.50. The monoisotopic (exact) mass is 428 g/mol. The Bertz CT molecular complexity index is 1130. The van der Waals surface area contributed by atoms with Gasteiger partial charge in [-0.25, -0.2) is 4.79 Å². The molecule has 3 aliphatic rings. The van der Waals surface area contributed by atoms with E-state index in [4.69, 9.17) is 4.74 Å². The third-order valence-corrected chi connectivity index (χ3v) is 6.65. The summed E-state index contributed by atoms with van der Waals surface area (Å²) >= 11 is 0. The second-order valence-corrected chi connectivity index (χ2v) is 9.72. The molecule has 2 aromatic rings. The van der Waals surface area contributed by atoms with Crippen LogP contribution in [0.5, 0.6) is 0 Å². The van der Waals surface area contributed by atoms with Crippen molar-refractivity contribution in [2.45, 2.75) is 50.8 Å². The molecule has 1 aliphatic carbocycles. The van der Waals surface area contributed by atoms with Crippen LogP contribution < -0.4 is 4.90 Å². The van der Waals surface area contributed by atoms with Gasteiger partial charge in [0, 0.05) is 30.0 Å². The summed E-state index contributed by atoms with van der Waals surface area (Å²) in [4.78, 5) is 29.4. The molecule has 1 saturated heterocycles. The second-order valence-electron chi connectivity index (χ2n) is 9.72. The summed E-state index contributed by atoms with van der Waals surface area (Å²) in [5.41, 5.74) is 4.23. The summed E-state index contributed by atoms with van der Waals surface area (Å²) in [7, 11) is 0. The standard InChI is InChI=1S/C27H28N2O3/c1-26(2,3)32-25(31)28-16-15-27-21-11-7-8-12-22(21)29(17-19-9-5-4-6-10-19)23(27)14-13-20(18-30)24(27)28/h4-14,18,24H,15-17H2,1-3H3/t24-,27-/m0/s1. The predicted molar refractivity (Wildman–Crippen MR) is 124 cm³/mol. The van der Waals surface area contributed by atoms with E-state index >= 15 is 0 Å². The molecule has 2 heterocycles. The maximum absolute atomic E-state index is 13.2. The highest BCUT2D eigenvalue weighted by molar-refractivity contribution is 5.86. The van der Waals surface area contributed by atoms with Crippen molar-refractivity contribution in [3.05, 3.63) is 89.1 Å². The zero-order chi connectivity index (χ0) is 22.5. The average molecular weight is 429 g/mol. The number of carbonyl (C=O) groups is 2. The van der Waals surface area contributed by atoms with Gasteiger partial charge in [-0.1, -0.05) is 54.6 Å². The molecule has 1 spiro atoms. The maximum Gasteiger partial charge on any atom is 0.410 e. The van der Waals surface area contributed by atoms with Crippen molar-refractivity contribution in [2.75, 3.05) is 11.4 Å². The van der Waals surface area contributed by atoms with E-state index in [0.717, 1.165) is 30.6 Å². The van der Waals surface area contributed by atoms with Gasteiger partial charge >= 0.3 is 6.09 Å². The Balaban J connectivity index is 1.62. The van der Waals surface area contributed by atoms with Crippen molar-refractivity contribution in [3.63, 3.8) is 0 Å². The lowest BCUT2D eigenvalue weighted by molar-refractivity contribution is -0.105. The number of aldehydes is 1. The largest absolute Gasteiger partial charge is 0.444 e. The number of carbonyl (C=O) groups excluding carboxylic acids is 2. The Labute approximate surface area is 189 Å². The molecule has 5 heteroatoms. The van der Waals surface area contributed by atoms with Crippen LogP contribution in [0.3, 0.4) is 0 Å². The molecule has 0 N–H and O–H groups in total. The van der Waals surface area contributed by atoms with Gasteiger partial charge < -0.3 is 9.64 Å². The minimum atomic E-state index is -0.599. The van der Waals surface area contributed by atoms with Gasteiger partial charge in [-0.05, 0) is 50.5 Å². The number of benzene rings is 2. The van der Waals surface area contributed by atoms with E-state index in [1.165, 1.54) is 11.1 Å². The first kappa shape index (κ1) is 20.6. The molecule has 0 bridgehead atoms. The summed E-state index contributed by atoms with van der Waals surface area (Å²) in [5.74, 6) is 0. The van der Waals surface area contributed by atoms with E-state index < -0.39 is 11.0 Å². The molecule has 0 radical (unpaired) electrons. The highest BCUT2D eigenvalue weighted by Gasteiger charge is 2.60. The third kappa shape index (κ3) is 3.07. The number of para-hydroxylation sites is 1. The molecule has 0 saturated carbocycles. The molecule has 164 valence electrons.